The maximum absolute atomic E-state index is 13.6. The zero-order valence-corrected chi connectivity index (χ0v) is 66.8. The molecule has 666 valence electrons. The maximum Gasteiger partial charge on any atom is 0.322 e. The Morgan fingerprint density at radius 1 is 0.258 bits per heavy atom. The quantitative estimate of drug-likeness (QED) is 0.0280. The Balaban J connectivity index is 0.786. The van der Waals surface area contributed by atoms with Crippen molar-refractivity contribution in [1.29, 1.82) is 0 Å². The van der Waals surface area contributed by atoms with Crippen molar-refractivity contribution in [3.05, 3.63) is 0 Å². The number of hydrogen-bond acceptors (Lipinski definition) is 29. The Labute approximate surface area is 684 Å². The number of carbonyl (C=O) groups is 21. The van der Waals surface area contributed by atoms with Crippen molar-refractivity contribution in [1.82, 2.24) is 109 Å². The highest BCUT2D eigenvalue weighted by molar-refractivity contribution is 6.01. The van der Waals surface area contributed by atoms with Crippen LogP contribution >= 0.6 is 0 Å². The summed E-state index contributed by atoms with van der Waals surface area (Å²) in [7, 11) is 0. The zero-order chi connectivity index (χ0) is 89.2. The summed E-state index contributed by atoms with van der Waals surface area (Å²) < 4.78 is 0. The van der Waals surface area contributed by atoms with Crippen LogP contribution in [0.3, 0.4) is 0 Å². The highest BCUT2D eigenvalue weighted by Gasteiger charge is 2.47. The van der Waals surface area contributed by atoms with Gasteiger partial charge in [0.1, 0.15) is 85.1 Å². The molecule has 0 unspecified atom stereocenters. The first kappa shape index (κ1) is 95.7. The Kier molecular flexibility index (Phi) is 34.3. The van der Waals surface area contributed by atoms with E-state index in [4.69, 9.17) is 5.11 Å². The van der Waals surface area contributed by atoms with Crippen LogP contribution in [0.1, 0.15) is 93.4 Å². The van der Waals surface area contributed by atoms with Crippen molar-refractivity contribution < 1.29 is 142 Å². The maximum atomic E-state index is 13.6. The van der Waals surface area contributed by atoms with Crippen LogP contribution in [-0.4, -0.2) is 413 Å². The number of nitrogens with zero attached hydrogens (tertiary/aromatic N) is 6. The van der Waals surface area contributed by atoms with Gasteiger partial charge >= 0.3 is 5.97 Å². The average Bonchev–Trinajstić information content (AvgIpc) is 1.70. The van der Waals surface area contributed by atoms with E-state index in [0.29, 0.717) is 0 Å². The van der Waals surface area contributed by atoms with Crippen LogP contribution in [0.25, 0.3) is 0 Å². The van der Waals surface area contributed by atoms with Gasteiger partial charge in [0.25, 0.3) is 0 Å². The molecular formula is C70H107N21O29. The second-order valence-corrected chi connectivity index (χ2v) is 30.6. The molecule has 0 aromatic carbocycles. The van der Waals surface area contributed by atoms with E-state index in [-0.39, 0.29) is 77.7 Å². The summed E-state index contributed by atoms with van der Waals surface area (Å²) in [5, 5.41) is 117. The Hall–Kier alpha value is -11.4. The molecule has 50 nitrogen and oxygen atoms in total. The Morgan fingerprint density at radius 3 is 0.583 bits per heavy atom. The molecule has 7 aliphatic heterocycles. The third-order valence-electron chi connectivity index (χ3n) is 21.0. The van der Waals surface area contributed by atoms with Crippen molar-refractivity contribution >= 4 is 124 Å². The largest absolute Gasteiger partial charge is 0.480 e. The summed E-state index contributed by atoms with van der Waals surface area (Å²) in [4.78, 5) is 281. The number of rotatable bonds is 35. The van der Waals surface area contributed by atoms with E-state index in [1.165, 1.54) is 48.5 Å². The molecule has 0 aromatic heterocycles. The van der Waals surface area contributed by atoms with Gasteiger partial charge in [0.15, 0.2) is 0 Å². The van der Waals surface area contributed by atoms with Crippen LogP contribution in [0.5, 0.6) is 0 Å². The highest BCUT2D eigenvalue weighted by Crippen LogP contribution is 2.25. The summed E-state index contributed by atoms with van der Waals surface area (Å²) in [6, 6.07) is -18.1. The number of aliphatic hydroxyl groups is 7. The van der Waals surface area contributed by atoms with Crippen LogP contribution in [0, 0.1) is 0 Å². The average molecular weight is 1710 g/mol. The van der Waals surface area contributed by atoms with Gasteiger partial charge in [-0.2, -0.15) is 0 Å². The lowest BCUT2D eigenvalue weighted by atomic mass is 10.1. The minimum absolute atomic E-state index is 0.139. The van der Waals surface area contributed by atoms with Crippen molar-refractivity contribution in [2.24, 2.45) is 0 Å². The molecule has 0 saturated carbocycles. The number of amides is 20. The van der Waals surface area contributed by atoms with Gasteiger partial charge in [0, 0.05) is 84.3 Å². The van der Waals surface area contributed by atoms with Gasteiger partial charge in [0.05, 0.1) is 88.0 Å². The molecule has 0 spiro atoms. The molecule has 7 aliphatic rings. The van der Waals surface area contributed by atoms with Gasteiger partial charge in [-0.3, -0.25) is 101 Å². The first-order valence-corrected chi connectivity index (χ1v) is 38.9. The number of likely N-dealkylation sites (tertiary alicyclic amines) is 6. The Morgan fingerprint density at radius 2 is 0.425 bits per heavy atom. The van der Waals surface area contributed by atoms with Gasteiger partial charge in [-0.15, -0.1) is 0 Å². The number of aliphatic hydroxyl groups excluding tert-OH is 7. The number of carboxylic acids is 1. The van der Waals surface area contributed by atoms with Gasteiger partial charge in [0.2, 0.25) is 118 Å². The van der Waals surface area contributed by atoms with E-state index in [9.17, 15) is 136 Å². The summed E-state index contributed by atoms with van der Waals surface area (Å²) in [6.07, 6.45) is -9.63. The molecule has 21 atom stereocenters. The summed E-state index contributed by atoms with van der Waals surface area (Å²) in [6.45, 7) is 1.57. The fraction of sp³-hybridized carbons (Fsp3) is 0.700. The molecule has 0 aliphatic carbocycles. The first-order chi connectivity index (χ1) is 56.3. The fourth-order valence-corrected chi connectivity index (χ4v) is 14.4. The second-order valence-electron chi connectivity index (χ2n) is 30.6. The number of nitrogens with one attached hydrogen (secondary N) is 15. The molecular weight excluding hydrogens is 1600 g/mol. The third-order valence-corrected chi connectivity index (χ3v) is 21.0. The normalized spacial score (nSPS) is 26.1. The summed E-state index contributed by atoms with van der Waals surface area (Å²) >= 11 is 0. The lowest BCUT2D eigenvalue weighted by molar-refractivity contribution is -0.141. The summed E-state index contributed by atoms with van der Waals surface area (Å²) in [5.41, 5.74) is 0. The molecule has 0 radical (unpaired) electrons. The van der Waals surface area contributed by atoms with Gasteiger partial charge in [-0.05, 0) is 54.9 Å². The van der Waals surface area contributed by atoms with E-state index < -0.39 is 310 Å². The van der Waals surface area contributed by atoms with Gasteiger partial charge in [-0.1, -0.05) is 0 Å². The van der Waals surface area contributed by atoms with Crippen LogP contribution in [0.15, 0.2) is 0 Å². The van der Waals surface area contributed by atoms with Crippen LogP contribution in [0.2, 0.25) is 0 Å². The molecule has 7 rings (SSSR count). The number of β-amino-alcohol motifs (C(OH)–C–C–N with tert-alkyl or cyclic N) is 7. The second kappa shape index (κ2) is 43.0. The molecule has 0 bridgehead atoms. The standard InChI is InChI=1S/C70H107N21O29/c1-29(79-64(114)43-8-36(92)15-71-43)57(107)72-16-50(99)86-23-37(93)9-44(86)65(115)80-30(2)58(108)73-17-51(100)87-24-38(94)10-45(87)66(116)81-31(3)59(109)74-18-52(101)88-25-39(95)11-46(88)67(117)82-32(4)60(110)75-19-53(102)89-26-40(96)12-47(89)68(118)83-33(5)61(111)76-20-54(103)90-27-41(97)13-48(90)69(119)84-34(6)62(112)77-21-55(104)91-28-42(98)14-49(91)70(120)85-35(7)63(113)78-22-56(105)106/h29-49,71,92-98H,8-28H2,1-7H3,(H,72,107)(H,73,108)(H,74,109)(H,75,110)(H,76,111)(H,77,112)(H,78,113)(H,79,114)(H,80,115)(H,81,116)(H,82,117)(H,83,118)(H,84,119)(H,85,120)(H,105,106)/t29-,30-,31-,32-,33-,34-,35-,36+,37+,38+,39+,40+,41+,42+,43-,44-,45-,46-,47-,48-,49-/m0/s1. The van der Waals surface area contributed by atoms with E-state index in [0.717, 1.165) is 29.4 Å². The highest BCUT2D eigenvalue weighted by atomic mass is 16.4. The number of hydrogen-bond donors (Lipinski definition) is 23. The lowest BCUT2D eigenvalue weighted by Gasteiger charge is -2.27. The number of aliphatic carboxylic acids is 1. The lowest BCUT2D eigenvalue weighted by Crippen LogP contribution is -2.56. The van der Waals surface area contributed by atoms with Gasteiger partial charge in [-0.25, -0.2) is 0 Å². The van der Waals surface area contributed by atoms with Gasteiger partial charge < -0.3 is 150 Å². The first-order valence-electron chi connectivity index (χ1n) is 38.9. The van der Waals surface area contributed by atoms with Crippen molar-refractivity contribution in [3.63, 3.8) is 0 Å². The molecule has 20 amide bonds. The smallest absolute Gasteiger partial charge is 0.322 e. The van der Waals surface area contributed by atoms with E-state index in [1.54, 1.807) is 0 Å². The number of carboxylic acid groups (broad SMARTS) is 1. The predicted molar refractivity (Wildman–Crippen MR) is 401 cm³/mol. The zero-order valence-electron chi connectivity index (χ0n) is 66.8. The van der Waals surface area contributed by atoms with Crippen LogP contribution in [-0.2, 0) is 101 Å². The van der Waals surface area contributed by atoms with Crippen molar-refractivity contribution in [3.8, 4) is 0 Å². The fourth-order valence-electron chi connectivity index (χ4n) is 14.4. The third kappa shape index (κ3) is 26.3. The Bertz CT molecular complexity index is 3920. The molecule has 23 N–H and O–H groups in total. The molecule has 120 heavy (non-hydrogen) atoms. The van der Waals surface area contributed by atoms with Crippen LogP contribution in [0.4, 0.5) is 0 Å². The minimum atomic E-state index is -1.42. The monoisotopic (exact) mass is 1710 g/mol. The minimum Gasteiger partial charge on any atom is -0.480 e. The van der Waals surface area contributed by atoms with Crippen molar-refractivity contribution in [2.75, 3.05) is 91.6 Å². The molecule has 7 heterocycles. The molecule has 0 aromatic rings. The molecule has 50 heteroatoms. The van der Waals surface area contributed by atoms with E-state index in [2.05, 4.69) is 79.8 Å². The predicted octanol–water partition coefficient (Wildman–Crippen LogP) is -17.1. The van der Waals surface area contributed by atoms with E-state index >= 15 is 0 Å². The molecule has 7 fully saturated rings. The van der Waals surface area contributed by atoms with Crippen LogP contribution < -0.4 is 79.8 Å². The van der Waals surface area contributed by atoms with Crippen molar-refractivity contribution in [2.45, 2.75) is 221 Å². The SMILES string of the molecule is C[C@H](NC(=O)[C@@H]1C[C@@H](O)CN1)C(=O)NCC(=O)N1C[C@H](O)C[C@H]1C(=O)N[C@@H](C)C(=O)NCC(=O)N1C[C@H](O)C[C@H]1C(=O)N[C@@H](C)C(=O)NCC(=O)N1C[C@H](O)C[C@H]1C(=O)N[C@@H](C)C(=O)NCC(=O)N1C[C@H](O)C[C@H]1C(=O)N[C@@H](C)C(=O)NCC(=O)N1C[C@H](O)C[C@H]1C(=O)N[C@@H](C)C(=O)NCC(=O)N1C[C@H](O)C[C@H]1C(=O)N[C@@H](C)C(=O)NCC(=O)O. The number of carbonyl (C=O) groups excluding carboxylic acids is 20. The van der Waals surface area contributed by atoms with E-state index in [1.807, 2.05) is 0 Å². The topological polar surface area (TPSA) is 720 Å². The molecule has 7 saturated heterocycles. The summed E-state index contributed by atoms with van der Waals surface area (Å²) in [5.74, 6) is -18.7.